The lowest BCUT2D eigenvalue weighted by Gasteiger charge is -2.31. The van der Waals surface area contributed by atoms with Crippen LogP contribution < -0.4 is 0 Å². The fourth-order valence-electron chi connectivity index (χ4n) is 2.76. The number of carbonyl (C=O) groups excluding carboxylic acids is 1. The van der Waals surface area contributed by atoms with E-state index >= 15 is 0 Å². The number of carbonyl (C=O) groups is 1. The number of likely N-dealkylation sites (tertiary alicyclic amines) is 1. The van der Waals surface area contributed by atoms with Gasteiger partial charge in [0.05, 0.1) is 19.1 Å². The predicted octanol–water partition coefficient (Wildman–Crippen LogP) is 1.71. The fraction of sp³-hybridized carbons (Fsp3) is 0.800. The molecule has 1 saturated heterocycles. The Labute approximate surface area is 126 Å². The largest absolute Gasteiger partial charge is 0.466 e. The molecule has 0 aromatic carbocycles. The summed E-state index contributed by atoms with van der Waals surface area (Å²) < 4.78 is 7.11. The lowest BCUT2D eigenvalue weighted by molar-refractivity contribution is -0.150. The van der Waals surface area contributed by atoms with Gasteiger partial charge in [0.2, 0.25) is 0 Å². The van der Waals surface area contributed by atoms with Crippen LogP contribution in [0.1, 0.15) is 39.4 Å². The van der Waals surface area contributed by atoms with E-state index in [1.165, 1.54) is 0 Å². The first-order valence-corrected chi connectivity index (χ1v) is 7.85. The van der Waals surface area contributed by atoms with E-state index in [1.54, 1.807) is 6.33 Å². The first-order chi connectivity index (χ1) is 10.1. The lowest BCUT2D eigenvalue weighted by Crippen LogP contribution is -2.39. The number of ether oxygens (including phenoxy) is 1. The van der Waals surface area contributed by atoms with Crippen molar-refractivity contribution in [1.29, 1.82) is 0 Å². The van der Waals surface area contributed by atoms with Gasteiger partial charge >= 0.3 is 5.97 Å². The molecule has 1 atom stereocenters. The van der Waals surface area contributed by atoms with E-state index in [2.05, 4.69) is 28.8 Å². The third kappa shape index (κ3) is 4.52. The molecule has 0 saturated carbocycles. The summed E-state index contributed by atoms with van der Waals surface area (Å²) in [6, 6.07) is 0. The van der Waals surface area contributed by atoms with Crippen molar-refractivity contribution in [3.05, 3.63) is 12.2 Å². The summed E-state index contributed by atoms with van der Waals surface area (Å²) in [5, 5.41) is 4.29. The van der Waals surface area contributed by atoms with Crippen LogP contribution in [-0.2, 0) is 22.6 Å². The van der Waals surface area contributed by atoms with E-state index < -0.39 is 0 Å². The summed E-state index contributed by atoms with van der Waals surface area (Å²) in [4.78, 5) is 18.5. The van der Waals surface area contributed by atoms with E-state index in [0.29, 0.717) is 12.5 Å². The van der Waals surface area contributed by atoms with Crippen LogP contribution in [0.2, 0.25) is 0 Å². The molecule has 1 fully saturated rings. The Bertz CT molecular complexity index is 458. The Kier molecular flexibility index (Phi) is 5.73. The molecule has 1 aromatic rings. The summed E-state index contributed by atoms with van der Waals surface area (Å²) >= 11 is 0. The molecule has 21 heavy (non-hydrogen) atoms. The summed E-state index contributed by atoms with van der Waals surface area (Å²) in [7, 11) is 0. The van der Waals surface area contributed by atoms with Crippen LogP contribution in [0.3, 0.4) is 0 Å². The third-order valence-corrected chi connectivity index (χ3v) is 3.72. The monoisotopic (exact) mass is 294 g/mol. The van der Waals surface area contributed by atoms with Crippen LogP contribution in [0.4, 0.5) is 0 Å². The summed E-state index contributed by atoms with van der Waals surface area (Å²) in [5.74, 6) is 1.46. The molecule has 1 aliphatic heterocycles. The standard InChI is InChI=1S/C15H26N4O2/c1-4-21-15(20)13-6-5-7-18(9-13)10-14-16-11-17-19(14)8-12(2)3/h11-13H,4-10H2,1-3H3/t13-/m1/s1. The van der Waals surface area contributed by atoms with Crippen LogP contribution in [0.25, 0.3) is 0 Å². The second-order valence-electron chi connectivity index (χ2n) is 6.08. The van der Waals surface area contributed by atoms with Crippen LogP contribution >= 0.6 is 0 Å². The van der Waals surface area contributed by atoms with Crippen LogP contribution in [0.15, 0.2) is 6.33 Å². The predicted molar refractivity (Wildman–Crippen MR) is 79.5 cm³/mol. The van der Waals surface area contributed by atoms with Crippen molar-refractivity contribution >= 4 is 5.97 Å². The van der Waals surface area contributed by atoms with E-state index in [-0.39, 0.29) is 11.9 Å². The molecule has 1 aromatic heterocycles. The molecule has 2 heterocycles. The van der Waals surface area contributed by atoms with Gasteiger partial charge in [-0.25, -0.2) is 9.67 Å². The number of nitrogens with zero attached hydrogens (tertiary/aromatic N) is 4. The number of hydrogen-bond acceptors (Lipinski definition) is 5. The zero-order chi connectivity index (χ0) is 15.2. The Hall–Kier alpha value is -1.43. The first kappa shape index (κ1) is 15.9. The Morgan fingerprint density at radius 3 is 3.05 bits per heavy atom. The molecule has 2 rings (SSSR count). The first-order valence-electron chi connectivity index (χ1n) is 7.85. The highest BCUT2D eigenvalue weighted by atomic mass is 16.5. The van der Waals surface area contributed by atoms with Crippen molar-refractivity contribution in [2.45, 2.75) is 46.7 Å². The average molecular weight is 294 g/mol. The van der Waals surface area contributed by atoms with Gasteiger partial charge in [-0.05, 0) is 32.2 Å². The summed E-state index contributed by atoms with van der Waals surface area (Å²) in [5.41, 5.74) is 0. The maximum absolute atomic E-state index is 11.9. The molecule has 0 unspecified atom stereocenters. The molecule has 118 valence electrons. The smallest absolute Gasteiger partial charge is 0.310 e. The van der Waals surface area contributed by atoms with Gasteiger partial charge in [0.25, 0.3) is 0 Å². The Morgan fingerprint density at radius 1 is 1.52 bits per heavy atom. The zero-order valence-corrected chi connectivity index (χ0v) is 13.3. The molecule has 0 bridgehead atoms. The van der Waals surface area contributed by atoms with Gasteiger partial charge < -0.3 is 4.74 Å². The quantitative estimate of drug-likeness (QED) is 0.748. The molecule has 0 aliphatic carbocycles. The molecule has 0 radical (unpaired) electrons. The van der Waals surface area contributed by atoms with Gasteiger partial charge in [-0.2, -0.15) is 5.10 Å². The Morgan fingerprint density at radius 2 is 2.33 bits per heavy atom. The van der Waals surface area contributed by atoms with Crippen molar-refractivity contribution in [2.75, 3.05) is 19.7 Å². The van der Waals surface area contributed by atoms with Gasteiger partial charge in [-0.3, -0.25) is 9.69 Å². The number of esters is 1. The minimum atomic E-state index is -0.0640. The highest BCUT2D eigenvalue weighted by Crippen LogP contribution is 2.19. The minimum absolute atomic E-state index is 0.000158. The lowest BCUT2D eigenvalue weighted by atomic mass is 9.98. The van der Waals surface area contributed by atoms with Crippen LogP contribution in [0, 0.1) is 11.8 Å². The highest BCUT2D eigenvalue weighted by Gasteiger charge is 2.27. The minimum Gasteiger partial charge on any atom is -0.466 e. The van der Waals surface area contributed by atoms with Gasteiger partial charge in [0.1, 0.15) is 12.2 Å². The van der Waals surface area contributed by atoms with Crippen molar-refractivity contribution < 1.29 is 9.53 Å². The molecule has 0 N–H and O–H groups in total. The Balaban J connectivity index is 1.93. The van der Waals surface area contributed by atoms with Crippen molar-refractivity contribution in [2.24, 2.45) is 11.8 Å². The van der Waals surface area contributed by atoms with E-state index in [0.717, 1.165) is 44.8 Å². The number of aromatic nitrogens is 3. The molecule has 0 amide bonds. The van der Waals surface area contributed by atoms with Gasteiger partial charge in [0.15, 0.2) is 0 Å². The molecule has 1 aliphatic rings. The third-order valence-electron chi connectivity index (χ3n) is 3.72. The van der Waals surface area contributed by atoms with E-state index in [9.17, 15) is 4.79 Å². The van der Waals surface area contributed by atoms with Crippen molar-refractivity contribution in [3.8, 4) is 0 Å². The average Bonchev–Trinajstić information content (AvgIpc) is 2.86. The van der Waals surface area contributed by atoms with E-state index in [1.807, 2.05) is 11.6 Å². The van der Waals surface area contributed by atoms with Crippen molar-refractivity contribution in [1.82, 2.24) is 19.7 Å². The molecular weight excluding hydrogens is 268 g/mol. The maximum atomic E-state index is 11.9. The van der Waals surface area contributed by atoms with Crippen LogP contribution in [-0.4, -0.2) is 45.3 Å². The SMILES string of the molecule is CCOC(=O)[C@@H]1CCCN(Cc2ncnn2CC(C)C)C1. The number of hydrogen-bond donors (Lipinski definition) is 0. The fourth-order valence-corrected chi connectivity index (χ4v) is 2.76. The van der Waals surface area contributed by atoms with Crippen molar-refractivity contribution in [3.63, 3.8) is 0 Å². The van der Waals surface area contributed by atoms with E-state index in [4.69, 9.17) is 4.74 Å². The zero-order valence-electron chi connectivity index (χ0n) is 13.3. The molecule has 6 nitrogen and oxygen atoms in total. The second-order valence-corrected chi connectivity index (χ2v) is 6.08. The molecule has 0 spiro atoms. The molecule has 6 heteroatoms. The number of piperidine rings is 1. The van der Waals surface area contributed by atoms with Gasteiger partial charge in [-0.15, -0.1) is 0 Å². The normalized spacial score (nSPS) is 19.9. The second kappa shape index (κ2) is 7.54. The topological polar surface area (TPSA) is 60.2 Å². The van der Waals surface area contributed by atoms with Gasteiger partial charge in [0, 0.05) is 13.1 Å². The molecular formula is C15H26N4O2. The maximum Gasteiger partial charge on any atom is 0.310 e. The summed E-state index contributed by atoms with van der Waals surface area (Å²) in [6.45, 7) is 10.0. The highest BCUT2D eigenvalue weighted by molar-refractivity contribution is 5.72. The summed E-state index contributed by atoms with van der Waals surface area (Å²) in [6.07, 6.45) is 3.57. The van der Waals surface area contributed by atoms with Crippen LogP contribution in [0.5, 0.6) is 0 Å². The van der Waals surface area contributed by atoms with Gasteiger partial charge in [-0.1, -0.05) is 13.8 Å². The number of rotatable bonds is 6.